The highest BCUT2D eigenvalue weighted by molar-refractivity contribution is 7.89. The number of carbonyl (C=O) groups is 1. The topological polar surface area (TPSA) is 84.5 Å². The van der Waals surface area contributed by atoms with E-state index in [9.17, 15) is 26.4 Å². The molecule has 0 aliphatic heterocycles. The van der Waals surface area contributed by atoms with Gasteiger partial charge in [0.1, 0.15) is 5.75 Å². The molecule has 2 rings (SSSR count). The van der Waals surface area contributed by atoms with Crippen molar-refractivity contribution in [2.45, 2.75) is 43.8 Å². The molecule has 0 bridgehead atoms. The summed E-state index contributed by atoms with van der Waals surface area (Å²) < 4.78 is 68.0. The van der Waals surface area contributed by atoms with Gasteiger partial charge in [-0.05, 0) is 41.3 Å². The molecule has 0 saturated heterocycles. The van der Waals surface area contributed by atoms with Crippen LogP contribution < -0.4 is 14.8 Å². The first-order valence-corrected chi connectivity index (χ1v) is 11.1. The van der Waals surface area contributed by atoms with E-state index in [1.54, 1.807) is 12.1 Å². The largest absolute Gasteiger partial charge is 0.484 e. The Labute approximate surface area is 179 Å². The molecule has 31 heavy (non-hydrogen) atoms. The summed E-state index contributed by atoms with van der Waals surface area (Å²) in [6.45, 7) is 2.74. The minimum Gasteiger partial charge on any atom is -0.484 e. The Morgan fingerprint density at radius 2 is 1.65 bits per heavy atom. The van der Waals surface area contributed by atoms with E-state index in [0.717, 1.165) is 5.56 Å². The second-order valence-corrected chi connectivity index (χ2v) is 8.96. The van der Waals surface area contributed by atoms with Crippen molar-refractivity contribution in [1.29, 1.82) is 0 Å². The van der Waals surface area contributed by atoms with Crippen molar-refractivity contribution in [3.05, 3.63) is 59.7 Å². The maximum absolute atomic E-state index is 12.3. The molecule has 1 amide bonds. The van der Waals surface area contributed by atoms with Crippen LogP contribution in [0.4, 0.5) is 13.2 Å². The quantitative estimate of drug-likeness (QED) is 0.568. The highest BCUT2D eigenvalue weighted by Crippen LogP contribution is 2.19. The number of alkyl halides is 3. The van der Waals surface area contributed by atoms with Crippen LogP contribution in [-0.2, 0) is 21.4 Å². The number of hydrogen-bond donors (Lipinski definition) is 2. The lowest BCUT2D eigenvalue weighted by molar-refractivity contribution is -0.153. The Kier molecular flexibility index (Phi) is 8.46. The van der Waals surface area contributed by atoms with Crippen molar-refractivity contribution in [2.75, 3.05) is 13.2 Å². The normalized spacial score (nSPS) is 12.1. The molecular weight excluding hydrogens is 433 g/mol. The molecule has 170 valence electrons. The molecule has 0 aromatic heterocycles. The number of hydrogen-bond acceptors (Lipinski definition) is 4. The molecule has 0 atom stereocenters. The van der Waals surface area contributed by atoms with E-state index < -0.39 is 22.8 Å². The fourth-order valence-corrected chi connectivity index (χ4v) is 3.60. The predicted octanol–water partition coefficient (Wildman–Crippen LogP) is 3.74. The van der Waals surface area contributed by atoms with Gasteiger partial charge in [-0.15, -0.1) is 0 Å². The maximum Gasteiger partial charge on any atom is 0.422 e. The van der Waals surface area contributed by atoms with Gasteiger partial charge in [0.15, 0.2) is 6.61 Å². The Hall–Kier alpha value is -2.59. The lowest BCUT2D eigenvalue weighted by atomic mass is 10.0. The molecule has 0 radical (unpaired) electrons. The average Bonchev–Trinajstić information content (AvgIpc) is 2.71. The van der Waals surface area contributed by atoms with Gasteiger partial charge < -0.3 is 10.1 Å². The second-order valence-electron chi connectivity index (χ2n) is 7.20. The molecule has 0 spiro atoms. The predicted molar refractivity (Wildman–Crippen MR) is 110 cm³/mol. The van der Waals surface area contributed by atoms with Crippen LogP contribution in [0.25, 0.3) is 0 Å². The number of sulfonamides is 1. The highest BCUT2D eigenvalue weighted by Gasteiger charge is 2.28. The van der Waals surface area contributed by atoms with Gasteiger partial charge in [0.25, 0.3) is 0 Å². The molecule has 0 saturated carbocycles. The van der Waals surface area contributed by atoms with Crippen LogP contribution in [0.2, 0.25) is 0 Å². The van der Waals surface area contributed by atoms with Gasteiger partial charge >= 0.3 is 6.18 Å². The Morgan fingerprint density at radius 3 is 2.19 bits per heavy atom. The van der Waals surface area contributed by atoms with Gasteiger partial charge in [-0.2, -0.15) is 13.2 Å². The van der Waals surface area contributed by atoms with E-state index in [2.05, 4.69) is 14.8 Å². The summed E-state index contributed by atoms with van der Waals surface area (Å²) in [4.78, 5) is 12.1. The molecule has 0 aliphatic rings. The third kappa shape index (κ3) is 8.58. The number of halogens is 3. The summed E-state index contributed by atoms with van der Waals surface area (Å²) in [7, 11) is -3.71. The fourth-order valence-electron chi connectivity index (χ4n) is 2.57. The molecule has 6 nitrogen and oxygen atoms in total. The zero-order valence-electron chi connectivity index (χ0n) is 17.2. The number of rotatable bonds is 10. The molecule has 0 fully saturated rings. The second kappa shape index (κ2) is 10.6. The third-order valence-corrected chi connectivity index (χ3v) is 5.79. The zero-order chi connectivity index (χ0) is 23.1. The smallest absolute Gasteiger partial charge is 0.422 e. The van der Waals surface area contributed by atoms with Crippen molar-refractivity contribution < 1.29 is 31.1 Å². The van der Waals surface area contributed by atoms with Gasteiger partial charge in [-0.3, -0.25) is 4.79 Å². The first-order valence-electron chi connectivity index (χ1n) is 9.61. The third-order valence-electron chi connectivity index (χ3n) is 4.32. The van der Waals surface area contributed by atoms with E-state index in [1.165, 1.54) is 36.4 Å². The van der Waals surface area contributed by atoms with E-state index >= 15 is 0 Å². The van der Waals surface area contributed by atoms with E-state index in [1.807, 2.05) is 13.8 Å². The van der Waals surface area contributed by atoms with Crippen molar-refractivity contribution in [3.8, 4) is 5.75 Å². The first-order chi connectivity index (χ1) is 14.5. The summed E-state index contributed by atoms with van der Waals surface area (Å²) in [5.41, 5.74) is 1.69. The van der Waals surface area contributed by atoms with Gasteiger partial charge in [0.2, 0.25) is 15.9 Å². The van der Waals surface area contributed by atoms with Crippen LogP contribution in [0, 0.1) is 0 Å². The minimum absolute atomic E-state index is 0.0594. The van der Waals surface area contributed by atoms with E-state index in [4.69, 9.17) is 0 Å². The molecule has 0 unspecified atom stereocenters. The Morgan fingerprint density at radius 1 is 1.03 bits per heavy atom. The number of amides is 1. The van der Waals surface area contributed by atoms with Crippen LogP contribution >= 0.6 is 0 Å². The van der Waals surface area contributed by atoms with Gasteiger partial charge in [0.05, 0.1) is 4.90 Å². The van der Waals surface area contributed by atoms with Crippen LogP contribution in [0.15, 0.2) is 53.4 Å². The van der Waals surface area contributed by atoms with Crippen molar-refractivity contribution in [3.63, 3.8) is 0 Å². The number of carbonyl (C=O) groups excluding carboxylic acids is 1. The molecule has 2 N–H and O–H groups in total. The lowest BCUT2D eigenvalue weighted by Crippen LogP contribution is -2.30. The van der Waals surface area contributed by atoms with Crippen molar-refractivity contribution in [1.82, 2.24) is 10.0 Å². The number of ether oxygens (including phenoxy) is 1. The number of benzene rings is 2. The molecular formula is C21H25F3N2O4S. The standard InChI is InChI=1S/C21H25F3N2O4S/c1-15(2)17-5-9-19(10-6-17)31(28,29)26-12-11-20(27)25-13-16-3-7-18(8-4-16)30-14-21(22,23)24/h3-10,15,26H,11-14H2,1-2H3,(H,25,27). The van der Waals surface area contributed by atoms with E-state index in [0.29, 0.717) is 5.56 Å². The van der Waals surface area contributed by atoms with Crippen molar-refractivity contribution >= 4 is 15.9 Å². The van der Waals surface area contributed by atoms with Gasteiger partial charge in [-0.25, -0.2) is 13.1 Å². The molecule has 10 heteroatoms. The van der Waals surface area contributed by atoms with E-state index in [-0.39, 0.29) is 42.0 Å². The van der Waals surface area contributed by atoms with Crippen LogP contribution in [0.1, 0.15) is 37.3 Å². The average molecular weight is 459 g/mol. The van der Waals surface area contributed by atoms with Crippen molar-refractivity contribution in [2.24, 2.45) is 0 Å². The summed E-state index contributed by atoms with van der Waals surface area (Å²) in [6, 6.07) is 12.4. The van der Waals surface area contributed by atoms with Crippen LogP contribution in [0.5, 0.6) is 5.75 Å². The Balaban J connectivity index is 1.75. The van der Waals surface area contributed by atoms with Gasteiger partial charge in [-0.1, -0.05) is 38.1 Å². The summed E-state index contributed by atoms with van der Waals surface area (Å²) in [5, 5.41) is 2.63. The summed E-state index contributed by atoms with van der Waals surface area (Å²) in [5.74, 6) is -0.00415. The Bertz CT molecular complexity index is 958. The monoisotopic (exact) mass is 458 g/mol. The molecule has 0 heterocycles. The summed E-state index contributed by atoms with van der Waals surface area (Å²) >= 11 is 0. The first kappa shape index (κ1) is 24.7. The SMILES string of the molecule is CC(C)c1ccc(S(=O)(=O)NCCC(=O)NCc2ccc(OCC(F)(F)F)cc2)cc1. The molecule has 0 aliphatic carbocycles. The van der Waals surface area contributed by atoms with Crippen LogP contribution in [-0.4, -0.2) is 33.7 Å². The molecule has 2 aromatic carbocycles. The van der Waals surface area contributed by atoms with Gasteiger partial charge in [0, 0.05) is 19.5 Å². The fraction of sp³-hybridized carbons (Fsp3) is 0.381. The maximum atomic E-state index is 12.3. The van der Waals surface area contributed by atoms with Crippen LogP contribution in [0.3, 0.4) is 0 Å². The highest BCUT2D eigenvalue weighted by atomic mass is 32.2. The lowest BCUT2D eigenvalue weighted by Gasteiger charge is -2.10. The molecule has 2 aromatic rings. The zero-order valence-corrected chi connectivity index (χ0v) is 18.0. The summed E-state index contributed by atoms with van der Waals surface area (Å²) in [6.07, 6.45) is -4.47. The number of nitrogens with one attached hydrogen (secondary N) is 2. The minimum atomic E-state index is -4.41.